The van der Waals surface area contributed by atoms with Gasteiger partial charge in [0.1, 0.15) is 18.0 Å². The van der Waals surface area contributed by atoms with Crippen LogP contribution in [-0.2, 0) is 0 Å². The van der Waals surface area contributed by atoms with E-state index in [-0.39, 0.29) is 6.10 Å². The van der Waals surface area contributed by atoms with Crippen molar-refractivity contribution in [1.82, 2.24) is 9.97 Å². The molecule has 1 aliphatic carbocycles. The molecule has 1 aromatic rings. The Hall–Kier alpha value is -1.36. The molecule has 2 atom stereocenters. The van der Waals surface area contributed by atoms with Crippen LogP contribution in [0.3, 0.4) is 0 Å². The molecular weight excluding hydrogens is 228 g/mol. The van der Waals surface area contributed by atoms with Crippen LogP contribution in [0.25, 0.3) is 0 Å². The van der Waals surface area contributed by atoms with Crippen LogP contribution in [-0.4, -0.2) is 34.3 Å². The van der Waals surface area contributed by atoms with Gasteiger partial charge in [-0.05, 0) is 26.7 Å². The maximum absolute atomic E-state index is 9.79. The first kappa shape index (κ1) is 13.1. The summed E-state index contributed by atoms with van der Waals surface area (Å²) in [5.74, 6) is 2.09. The average molecular weight is 250 g/mol. The van der Waals surface area contributed by atoms with E-state index in [0.29, 0.717) is 5.92 Å². The fraction of sp³-hybridized carbons (Fsp3) is 0.692. The highest BCUT2D eigenvalue weighted by atomic mass is 16.3. The van der Waals surface area contributed by atoms with E-state index in [1.165, 1.54) is 0 Å². The smallest absolute Gasteiger partial charge is 0.134 e. The lowest BCUT2D eigenvalue weighted by Gasteiger charge is -2.17. The highest BCUT2D eigenvalue weighted by Crippen LogP contribution is 2.26. The van der Waals surface area contributed by atoms with Gasteiger partial charge in [0.05, 0.1) is 6.10 Å². The van der Waals surface area contributed by atoms with Crippen molar-refractivity contribution in [1.29, 1.82) is 0 Å². The zero-order valence-corrected chi connectivity index (χ0v) is 11.1. The van der Waals surface area contributed by atoms with E-state index in [0.717, 1.165) is 49.6 Å². The number of nitrogens with one attached hydrogen (secondary N) is 2. The maximum Gasteiger partial charge on any atom is 0.134 e. The minimum atomic E-state index is -0.159. The van der Waals surface area contributed by atoms with Gasteiger partial charge in [-0.25, -0.2) is 9.97 Å². The molecule has 1 fully saturated rings. The van der Waals surface area contributed by atoms with Gasteiger partial charge in [-0.15, -0.1) is 0 Å². The summed E-state index contributed by atoms with van der Waals surface area (Å²) in [5.41, 5.74) is 1.03. The summed E-state index contributed by atoms with van der Waals surface area (Å²) < 4.78 is 0. The molecule has 1 aromatic heterocycles. The number of aromatic nitrogens is 2. The fourth-order valence-corrected chi connectivity index (χ4v) is 2.46. The van der Waals surface area contributed by atoms with Crippen LogP contribution in [0.15, 0.2) is 6.33 Å². The van der Waals surface area contributed by atoms with Crippen LogP contribution in [0, 0.1) is 12.8 Å². The topological polar surface area (TPSA) is 70.1 Å². The summed E-state index contributed by atoms with van der Waals surface area (Å²) in [6.45, 7) is 5.68. The summed E-state index contributed by atoms with van der Waals surface area (Å²) in [5, 5.41) is 16.3. The summed E-state index contributed by atoms with van der Waals surface area (Å²) in [4.78, 5) is 8.48. The number of nitrogens with zero attached hydrogens (tertiary/aromatic N) is 2. The Balaban J connectivity index is 1.98. The normalized spacial score (nSPS) is 23.1. The Morgan fingerprint density at radius 3 is 2.61 bits per heavy atom. The Kier molecular flexibility index (Phi) is 4.36. The molecule has 2 unspecified atom stereocenters. The molecule has 1 heterocycles. The lowest BCUT2D eigenvalue weighted by Crippen LogP contribution is -2.22. The molecule has 0 aliphatic heterocycles. The third-order valence-electron chi connectivity index (χ3n) is 3.58. The molecule has 2 rings (SSSR count). The molecular formula is C13H22N4O. The molecule has 5 heteroatoms. The van der Waals surface area contributed by atoms with E-state index >= 15 is 0 Å². The van der Waals surface area contributed by atoms with E-state index < -0.39 is 0 Å². The lowest BCUT2D eigenvalue weighted by atomic mass is 10.1. The Labute approximate surface area is 108 Å². The predicted molar refractivity (Wildman–Crippen MR) is 72.8 cm³/mol. The monoisotopic (exact) mass is 250 g/mol. The molecule has 5 nitrogen and oxygen atoms in total. The Morgan fingerprint density at radius 2 is 2.00 bits per heavy atom. The van der Waals surface area contributed by atoms with Crippen LogP contribution in [0.1, 0.15) is 31.7 Å². The van der Waals surface area contributed by atoms with Gasteiger partial charge < -0.3 is 15.7 Å². The average Bonchev–Trinajstić information content (AvgIpc) is 2.76. The van der Waals surface area contributed by atoms with Crippen molar-refractivity contribution in [3.63, 3.8) is 0 Å². The van der Waals surface area contributed by atoms with E-state index in [9.17, 15) is 5.11 Å². The van der Waals surface area contributed by atoms with E-state index in [2.05, 4.69) is 20.6 Å². The van der Waals surface area contributed by atoms with E-state index in [4.69, 9.17) is 0 Å². The molecule has 100 valence electrons. The quantitative estimate of drug-likeness (QED) is 0.743. The first-order valence-corrected chi connectivity index (χ1v) is 6.69. The van der Waals surface area contributed by atoms with E-state index in [1.807, 2.05) is 13.8 Å². The van der Waals surface area contributed by atoms with Gasteiger partial charge >= 0.3 is 0 Å². The second-order valence-electron chi connectivity index (χ2n) is 4.87. The van der Waals surface area contributed by atoms with Crippen LogP contribution >= 0.6 is 0 Å². The van der Waals surface area contributed by atoms with E-state index in [1.54, 1.807) is 6.33 Å². The van der Waals surface area contributed by atoms with Crippen LogP contribution < -0.4 is 10.6 Å². The van der Waals surface area contributed by atoms with Gasteiger partial charge in [0, 0.05) is 24.6 Å². The van der Waals surface area contributed by atoms with Crippen molar-refractivity contribution in [2.75, 3.05) is 23.7 Å². The SMILES string of the molecule is CCNc1ncnc(NCC2CCCC2O)c1C. The highest BCUT2D eigenvalue weighted by Gasteiger charge is 2.25. The molecule has 0 amide bonds. The largest absolute Gasteiger partial charge is 0.393 e. The fourth-order valence-electron chi connectivity index (χ4n) is 2.46. The predicted octanol–water partition coefficient (Wildman–Crippen LogP) is 1.79. The van der Waals surface area contributed by atoms with Gasteiger partial charge in [-0.2, -0.15) is 0 Å². The van der Waals surface area contributed by atoms with Crippen molar-refractivity contribution in [2.45, 2.75) is 39.2 Å². The first-order chi connectivity index (χ1) is 8.72. The number of hydrogen-bond acceptors (Lipinski definition) is 5. The second-order valence-corrected chi connectivity index (χ2v) is 4.87. The minimum absolute atomic E-state index is 0.159. The van der Waals surface area contributed by atoms with Gasteiger partial charge in [-0.3, -0.25) is 0 Å². The lowest BCUT2D eigenvalue weighted by molar-refractivity contribution is 0.138. The van der Waals surface area contributed by atoms with Crippen LogP contribution in [0.4, 0.5) is 11.6 Å². The van der Waals surface area contributed by atoms with Crippen molar-refractivity contribution in [3.05, 3.63) is 11.9 Å². The highest BCUT2D eigenvalue weighted by molar-refractivity contribution is 5.56. The Bertz CT molecular complexity index is 397. The third kappa shape index (κ3) is 2.90. The molecule has 0 saturated heterocycles. The third-order valence-corrected chi connectivity index (χ3v) is 3.58. The Morgan fingerprint density at radius 1 is 1.28 bits per heavy atom. The molecule has 0 spiro atoms. The maximum atomic E-state index is 9.79. The van der Waals surface area contributed by atoms with Gasteiger partial charge in [0.2, 0.25) is 0 Å². The van der Waals surface area contributed by atoms with Crippen molar-refractivity contribution in [2.24, 2.45) is 5.92 Å². The molecule has 1 aliphatic rings. The number of aliphatic hydroxyl groups excluding tert-OH is 1. The van der Waals surface area contributed by atoms with Gasteiger partial charge in [0.15, 0.2) is 0 Å². The minimum Gasteiger partial charge on any atom is -0.393 e. The summed E-state index contributed by atoms with van der Waals surface area (Å²) in [7, 11) is 0. The summed E-state index contributed by atoms with van der Waals surface area (Å²) in [6, 6.07) is 0. The summed E-state index contributed by atoms with van der Waals surface area (Å²) >= 11 is 0. The van der Waals surface area contributed by atoms with Crippen molar-refractivity contribution < 1.29 is 5.11 Å². The van der Waals surface area contributed by atoms with Gasteiger partial charge in [-0.1, -0.05) is 6.42 Å². The molecule has 3 N–H and O–H groups in total. The summed E-state index contributed by atoms with van der Waals surface area (Å²) in [6.07, 6.45) is 4.56. The van der Waals surface area contributed by atoms with Crippen LogP contribution in [0.2, 0.25) is 0 Å². The first-order valence-electron chi connectivity index (χ1n) is 6.69. The van der Waals surface area contributed by atoms with Gasteiger partial charge in [0.25, 0.3) is 0 Å². The molecule has 18 heavy (non-hydrogen) atoms. The number of aliphatic hydroxyl groups is 1. The van der Waals surface area contributed by atoms with Crippen LogP contribution in [0.5, 0.6) is 0 Å². The number of hydrogen-bond donors (Lipinski definition) is 3. The standard InChI is InChI=1S/C13H22N4O/c1-3-14-12-9(2)13(17-8-16-12)15-7-10-5-4-6-11(10)18/h8,10-11,18H,3-7H2,1-2H3,(H2,14,15,16,17). The van der Waals surface area contributed by atoms with Crippen molar-refractivity contribution in [3.8, 4) is 0 Å². The molecule has 0 aromatic carbocycles. The zero-order valence-electron chi connectivity index (χ0n) is 11.1. The molecule has 0 bridgehead atoms. The number of anilines is 2. The second kappa shape index (κ2) is 6.00. The zero-order chi connectivity index (χ0) is 13.0. The molecule has 0 radical (unpaired) electrons. The van der Waals surface area contributed by atoms with Crippen molar-refractivity contribution >= 4 is 11.6 Å². The number of rotatable bonds is 5. The molecule has 1 saturated carbocycles.